The fourth-order valence-corrected chi connectivity index (χ4v) is 3.51. The van der Waals surface area contributed by atoms with Gasteiger partial charge in [-0.2, -0.15) is 0 Å². The van der Waals surface area contributed by atoms with Gasteiger partial charge >= 0.3 is 0 Å². The van der Waals surface area contributed by atoms with Gasteiger partial charge in [0.05, 0.1) is 36.0 Å². The van der Waals surface area contributed by atoms with Gasteiger partial charge in [-0.05, 0) is 43.5 Å². The minimum absolute atomic E-state index is 0.294. The summed E-state index contributed by atoms with van der Waals surface area (Å²) in [4.78, 5) is 20.7. The summed E-state index contributed by atoms with van der Waals surface area (Å²) in [5.74, 6) is 0.130. The molecule has 0 spiro atoms. The Bertz CT molecular complexity index is 1060. The number of anilines is 1. The number of rotatable bonds is 4. The highest BCUT2D eigenvalue weighted by atomic mass is 19.1. The summed E-state index contributed by atoms with van der Waals surface area (Å²) in [5, 5.41) is 3.68. The van der Waals surface area contributed by atoms with Crippen molar-refractivity contribution in [3.05, 3.63) is 35.7 Å². The van der Waals surface area contributed by atoms with E-state index in [2.05, 4.69) is 15.3 Å². The zero-order valence-electron chi connectivity index (χ0n) is 15.7. The number of nitrogens with zero attached hydrogens (tertiary/aromatic N) is 3. The number of aryl methyl sites for hydroxylation is 3. The molecular formula is C20H21FN4O2. The Morgan fingerprint density at radius 3 is 2.70 bits per heavy atom. The monoisotopic (exact) mass is 368 g/mol. The van der Waals surface area contributed by atoms with Crippen molar-refractivity contribution in [3.63, 3.8) is 0 Å². The quantitative estimate of drug-likeness (QED) is 0.765. The molecule has 2 atom stereocenters. The Morgan fingerprint density at radius 1 is 1.30 bits per heavy atom. The van der Waals surface area contributed by atoms with E-state index in [0.29, 0.717) is 18.1 Å². The Labute approximate surface area is 156 Å². The zero-order chi connectivity index (χ0) is 19.3. The third-order valence-electron chi connectivity index (χ3n) is 5.08. The normalized spacial score (nSPS) is 18.6. The van der Waals surface area contributed by atoms with Crippen LogP contribution in [-0.4, -0.2) is 33.7 Å². The van der Waals surface area contributed by atoms with Gasteiger partial charge in [-0.15, -0.1) is 0 Å². The summed E-state index contributed by atoms with van der Waals surface area (Å²) in [6.07, 6.45) is 2.76. The lowest BCUT2D eigenvalue weighted by Gasteiger charge is -2.11. The third-order valence-corrected chi connectivity index (χ3v) is 5.08. The van der Waals surface area contributed by atoms with Crippen molar-refractivity contribution in [2.24, 2.45) is 13.0 Å². The topological polar surface area (TPSA) is 69.0 Å². The molecule has 140 valence electrons. The van der Waals surface area contributed by atoms with Crippen molar-refractivity contribution in [3.8, 4) is 17.1 Å². The van der Waals surface area contributed by atoms with Crippen molar-refractivity contribution in [2.45, 2.75) is 26.4 Å². The Kier molecular flexibility index (Phi) is 4.09. The minimum Gasteiger partial charge on any atom is -0.481 e. The molecule has 6 nitrogen and oxygen atoms in total. The summed E-state index contributed by atoms with van der Waals surface area (Å²) in [6, 6.07) is 3.87. The molecule has 3 heterocycles. The van der Waals surface area contributed by atoms with Crippen LogP contribution in [0, 0.1) is 19.8 Å². The number of alkyl halides is 1. The first-order chi connectivity index (χ1) is 12.9. The molecule has 27 heavy (non-hydrogen) atoms. The van der Waals surface area contributed by atoms with Crippen LogP contribution >= 0.6 is 0 Å². The lowest BCUT2D eigenvalue weighted by Crippen LogP contribution is -2.15. The second-order valence-corrected chi connectivity index (χ2v) is 7.04. The lowest BCUT2D eigenvalue weighted by atomic mass is 10.1. The molecule has 1 fully saturated rings. The molecule has 0 aromatic carbocycles. The maximum atomic E-state index is 13.1. The maximum absolute atomic E-state index is 13.1. The molecule has 1 aliphatic carbocycles. The number of hydrogen-bond acceptors (Lipinski definition) is 4. The molecular weight excluding hydrogens is 347 g/mol. The van der Waals surface area contributed by atoms with E-state index in [-0.39, 0.29) is 5.91 Å². The van der Waals surface area contributed by atoms with Gasteiger partial charge in [0.1, 0.15) is 12.0 Å². The Balaban J connectivity index is 1.79. The highest BCUT2D eigenvalue weighted by Crippen LogP contribution is 2.38. The van der Waals surface area contributed by atoms with E-state index in [1.165, 1.54) is 0 Å². The van der Waals surface area contributed by atoms with Gasteiger partial charge < -0.3 is 14.6 Å². The summed E-state index contributed by atoms with van der Waals surface area (Å²) in [7, 11) is 3.56. The van der Waals surface area contributed by atoms with Crippen LogP contribution in [0.5, 0.6) is 5.88 Å². The van der Waals surface area contributed by atoms with Gasteiger partial charge in [0, 0.05) is 18.6 Å². The standard InChI is InChI=1S/C20H21FN4O2/c1-10-5-14(20(27-4)23-8-10)18-11(2)12-7-17(22-9-16(12)25(18)3)24-19(26)13-6-15(13)21/h5,7-9,13,15H,6H2,1-4H3,(H,22,24,26)/t13-,15+/m1/s1. The van der Waals surface area contributed by atoms with Gasteiger partial charge in [0.15, 0.2) is 0 Å². The number of hydrogen-bond donors (Lipinski definition) is 1. The van der Waals surface area contributed by atoms with E-state index in [9.17, 15) is 9.18 Å². The van der Waals surface area contributed by atoms with E-state index in [1.807, 2.05) is 37.6 Å². The number of pyridine rings is 2. The van der Waals surface area contributed by atoms with E-state index in [0.717, 1.165) is 33.3 Å². The molecule has 3 aromatic heterocycles. The highest BCUT2D eigenvalue weighted by molar-refractivity contribution is 5.98. The van der Waals surface area contributed by atoms with Gasteiger partial charge in [-0.1, -0.05) is 0 Å². The Morgan fingerprint density at radius 2 is 2.04 bits per heavy atom. The van der Waals surface area contributed by atoms with Crippen molar-refractivity contribution in [1.29, 1.82) is 0 Å². The molecule has 0 saturated heterocycles. The number of carbonyl (C=O) groups excluding carboxylic acids is 1. The number of fused-ring (bicyclic) bond motifs is 1. The third kappa shape index (κ3) is 2.93. The number of ether oxygens (including phenoxy) is 1. The summed E-state index contributed by atoms with van der Waals surface area (Å²) in [5.41, 5.74) is 4.88. The number of carbonyl (C=O) groups is 1. The molecule has 0 aliphatic heterocycles. The predicted octanol–water partition coefficient (Wildman–Crippen LogP) is 3.56. The van der Waals surface area contributed by atoms with Crippen LogP contribution < -0.4 is 10.1 Å². The second-order valence-electron chi connectivity index (χ2n) is 7.04. The SMILES string of the molecule is COc1ncc(C)cc1-c1c(C)c2cc(NC(=O)[C@@H]3C[C@@H]3F)ncc2n1C. The lowest BCUT2D eigenvalue weighted by molar-refractivity contribution is -0.117. The van der Waals surface area contributed by atoms with Crippen molar-refractivity contribution < 1.29 is 13.9 Å². The molecule has 1 saturated carbocycles. The van der Waals surface area contributed by atoms with Crippen molar-refractivity contribution in [2.75, 3.05) is 12.4 Å². The zero-order valence-corrected chi connectivity index (χ0v) is 15.7. The van der Waals surface area contributed by atoms with Crippen molar-refractivity contribution >= 4 is 22.6 Å². The van der Waals surface area contributed by atoms with Gasteiger partial charge in [0.25, 0.3) is 0 Å². The maximum Gasteiger partial charge on any atom is 0.231 e. The first-order valence-electron chi connectivity index (χ1n) is 8.81. The number of amides is 1. The smallest absolute Gasteiger partial charge is 0.231 e. The number of aromatic nitrogens is 3. The van der Waals surface area contributed by atoms with Crippen LogP contribution in [0.4, 0.5) is 10.2 Å². The summed E-state index contributed by atoms with van der Waals surface area (Å²) in [6.45, 7) is 4.00. The number of nitrogens with one attached hydrogen (secondary N) is 1. The highest BCUT2D eigenvalue weighted by Gasteiger charge is 2.43. The summed E-state index contributed by atoms with van der Waals surface area (Å²) >= 11 is 0. The van der Waals surface area contributed by atoms with Gasteiger partial charge in [-0.3, -0.25) is 4.79 Å². The fraction of sp³-hybridized carbons (Fsp3) is 0.350. The molecule has 0 bridgehead atoms. The molecule has 0 unspecified atom stereocenters. The largest absolute Gasteiger partial charge is 0.481 e. The van der Waals surface area contributed by atoms with Gasteiger partial charge in [-0.25, -0.2) is 14.4 Å². The molecule has 1 N–H and O–H groups in total. The minimum atomic E-state index is -1.03. The average molecular weight is 368 g/mol. The van der Waals surface area contributed by atoms with Crippen molar-refractivity contribution in [1.82, 2.24) is 14.5 Å². The van der Waals surface area contributed by atoms with E-state index in [1.54, 1.807) is 19.5 Å². The van der Waals surface area contributed by atoms with E-state index in [4.69, 9.17) is 4.74 Å². The average Bonchev–Trinajstić information content (AvgIpc) is 3.33. The molecule has 0 radical (unpaired) electrons. The first-order valence-corrected chi connectivity index (χ1v) is 8.81. The number of halogens is 1. The van der Waals surface area contributed by atoms with Crippen LogP contribution in [0.1, 0.15) is 17.5 Å². The van der Waals surface area contributed by atoms with Crippen LogP contribution in [0.25, 0.3) is 22.2 Å². The number of methoxy groups -OCH3 is 1. The van der Waals surface area contributed by atoms with Gasteiger partial charge in [0.2, 0.25) is 11.8 Å². The Hall–Kier alpha value is -2.96. The van der Waals surface area contributed by atoms with Crippen LogP contribution in [-0.2, 0) is 11.8 Å². The predicted molar refractivity (Wildman–Crippen MR) is 102 cm³/mol. The second kappa shape index (κ2) is 6.33. The van der Waals surface area contributed by atoms with Crippen LogP contribution in [0.3, 0.4) is 0 Å². The molecule has 7 heteroatoms. The fourth-order valence-electron chi connectivity index (χ4n) is 3.51. The molecule has 3 aromatic rings. The van der Waals surface area contributed by atoms with Crippen LogP contribution in [0.2, 0.25) is 0 Å². The first kappa shape index (κ1) is 17.5. The summed E-state index contributed by atoms with van der Waals surface area (Å²) < 4.78 is 20.6. The van der Waals surface area contributed by atoms with E-state index >= 15 is 0 Å². The molecule has 1 amide bonds. The molecule has 4 rings (SSSR count). The van der Waals surface area contributed by atoms with E-state index < -0.39 is 12.1 Å². The van der Waals surface area contributed by atoms with Crippen LogP contribution in [0.15, 0.2) is 24.5 Å². The molecule has 1 aliphatic rings.